The summed E-state index contributed by atoms with van der Waals surface area (Å²) >= 11 is 0. The summed E-state index contributed by atoms with van der Waals surface area (Å²) in [7, 11) is 0. The van der Waals surface area contributed by atoms with Crippen LogP contribution in [0.25, 0.3) is 28.3 Å². The van der Waals surface area contributed by atoms with Crippen molar-refractivity contribution in [2.45, 2.75) is 0 Å². The average Bonchev–Trinajstić information content (AvgIpc) is 3.48. The van der Waals surface area contributed by atoms with Crippen LogP contribution in [0.3, 0.4) is 0 Å². The number of rotatable bonds is 5. The molecule has 3 aromatic carbocycles. The standard InChI is InChI=1S/C26H17FN2O2/c27-21-14-12-20(13-15-21)26-23(29-17-7-16-28-29)22(24(30)18-8-3-1-4-9-18)25(31-26)19-10-5-2-6-11-19/h1-17H. The van der Waals surface area contributed by atoms with E-state index in [1.54, 1.807) is 47.4 Å². The lowest BCUT2D eigenvalue weighted by Crippen LogP contribution is -2.07. The maximum atomic E-state index is 13.7. The number of hydrogen-bond donors (Lipinski definition) is 0. The minimum absolute atomic E-state index is 0.179. The molecular weight excluding hydrogens is 391 g/mol. The highest BCUT2D eigenvalue weighted by Gasteiger charge is 2.29. The molecule has 0 saturated carbocycles. The van der Waals surface area contributed by atoms with E-state index in [2.05, 4.69) is 5.10 Å². The number of halogens is 1. The number of benzene rings is 3. The van der Waals surface area contributed by atoms with Gasteiger partial charge in [-0.05, 0) is 30.3 Å². The predicted molar refractivity (Wildman–Crippen MR) is 117 cm³/mol. The van der Waals surface area contributed by atoms with Crippen molar-refractivity contribution in [3.63, 3.8) is 0 Å². The molecular formula is C26H17FN2O2. The molecule has 0 amide bonds. The van der Waals surface area contributed by atoms with Crippen LogP contribution in [0.1, 0.15) is 15.9 Å². The zero-order valence-corrected chi connectivity index (χ0v) is 16.4. The highest BCUT2D eigenvalue weighted by atomic mass is 19.1. The van der Waals surface area contributed by atoms with Gasteiger partial charge in [0, 0.05) is 29.1 Å². The largest absolute Gasteiger partial charge is 0.453 e. The molecule has 0 spiro atoms. The highest BCUT2D eigenvalue weighted by Crippen LogP contribution is 2.40. The molecule has 5 aromatic rings. The van der Waals surface area contributed by atoms with Crippen LogP contribution in [-0.2, 0) is 0 Å². The van der Waals surface area contributed by atoms with Gasteiger partial charge in [0.25, 0.3) is 0 Å². The maximum absolute atomic E-state index is 13.7. The Morgan fingerprint density at radius 1 is 0.774 bits per heavy atom. The number of nitrogens with zero attached hydrogens (tertiary/aromatic N) is 2. The van der Waals surface area contributed by atoms with Crippen molar-refractivity contribution in [1.29, 1.82) is 0 Å². The SMILES string of the molecule is O=C(c1ccccc1)c1c(-c2ccccc2)oc(-c2ccc(F)cc2)c1-n1cccn1. The van der Waals surface area contributed by atoms with Crippen LogP contribution in [-0.4, -0.2) is 15.6 Å². The van der Waals surface area contributed by atoms with E-state index in [1.807, 2.05) is 48.5 Å². The summed E-state index contributed by atoms with van der Waals surface area (Å²) in [6.45, 7) is 0. The molecule has 31 heavy (non-hydrogen) atoms. The Morgan fingerprint density at radius 3 is 2.06 bits per heavy atom. The summed E-state index contributed by atoms with van der Waals surface area (Å²) in [5.41, 5.74) is 2.88. The molecule has 0 fully saturated rings. The Kier molecular flexibility index (Phi) is 4.77. The first-order valence-corrected chi connectivity index (χ1v) is 9.80. The maximum Gasteiger partial charge on any atom is 0.199 e. The second kappa shape index (κ2) is 7.88. The highest BCUT2D eigenvalue weighted by molar-refractivity contribution is 6.15. The molecule has 0 N–H and O–H groups in total. The molecule has 0 saturated heterocycles. The summed E-state index contributed by atoms with van der Waals surface area (Å²) in [6.07, 6.45) is 3.40. The summed E-state index contributed by atoms with van der Waals surface area (Å²) in [5.74, 6) is 0.364. The van der Waals surface area contributed by atoms with Gasteiger partial charge in [-0.25, -0.2) is 9.07 Å². The van der Waals surface area contributed by atoms with Crippen LogP contribution >= 0.6 is 0 Å². The van der Waals surface area contributed by atoms with Crippen molar-refractivity contribution in [2.75, 3.05) is 0 Å². The Labute approximate surface area is 178 Å². The minimum Gasteiger partial charge on any atom is -0.453 e. The molecule has 0 aliphatic rings. The summed E-state index contributed by atoms with van der Waals surface area (Å²) < 4.78 is 21.5. The average molecular weight is 408 g/mol. The molecule has 0 unspecified atom stereocenters. The molecule has 0 aliphatic heterocycles. The Balaban J connectivity index is 1.84. The quantitative estimate of drug-likeness (QED) is 0.327. The molecule has 150 valence electrons. The van der Waals surface area contributed by atoms with E-state index >= 15 is 0 Å². The Bertz CT molecular complexity index is 1320. The van der Waals surface area contributed by atoms with Gasteiger partial charge in [-0.3, -0.25) is 4.79 Å². The number of aromatic nitrogens is 2. The predicted octanol–water partition coefficient (Wildman–Crippen LogP) is 6.17. The summed E-state index contributed by atoms with van der Waals surface area (Å²) in [5, 5.41) is 4.36. The molecule has 5 rings (SSSR count). The van der Waals surface area contributed by atoms with Gasteiger partial charge in [0.15, 0.2) is 11.5 Å². The van der Waals surface area contributed by atoms with Gasteiger partial charge in [-0.15, -0.1) is 0 Å². The molecule has 0 bridgehead atoms. The fraction of sp³-hybridized carbons (Fsp3) is 0. The van der Waals surface area contributed by atoms with Crippen LogP contribution in [0, 0.1) is 5.82 Å². The third-order valence-corrected chi connectivity index (χ3v) is 5.02. The smallest absolute Gasteiger partial charge is 0.199 e. The van der Waals surface area contributed by atoms with Gasteiger partial charge in [-0.1, -0.05) is 60.7 Å². The first-order valence-electron chi connectivity index (χ1n) is 9.80. The molecule has 0 aliphatic carbocycles. The van der Waals surface area contributed by atoms with Crippen LogP contribution in [0.5, 0.6) is 0 Å². The molecule has 4 nitrogen and oxygen atoms in total. The third kappa shape index (κ3) is 3.46. The minimum atomic E-state index is -0.347. The van der Waals surface area contributed by atoms with Crippen LogP contribution in [0.2, 0.25) is 0 Å². The molecule has 0 atom stereocenters. The van der Waals surface area contributed by atoms with Crippen molar-refractivity contribution < 1.29 is 13.6 Å². The summed E-state index contributed by atoms with van der Waals surface area (Å²) in [6, 6.07) is 26.3. The summed E-state index contributed by atoms with van der Waals surface area (Å²) in [4.78, 5) is 13.7. The number of ketones is 1. The van der Waals surface area contributed by atoms with E-state index in [1.165, 1.54) is 12.1 Å². The molecule has 2 aromatic heterocycles. The normalized spacial score (nSPS) is 10.9. The zero-order valence-electron chi connectivity index (χ0n) is 16.4. The van der Waals surface area contributed by atoms with Crippen LogP contribution in [0.4, 0.5) is 4.39 Å². The third-order valence-electron chi connectivity index (χ3n) is 5.02. The number of carbonyl (C=O) groups excluding carboxylic acids is 1. The van der Waals surface area contributed by atoms with Crippen LogP contribution < -0.4 is 0 Å². The van der Waals surface area contributed by atoms with Crippen LogP contribution in [0.15, 0.2) is 108 Å². The van der Waals surface area contributed by atoms with E-state index in [-0.39, 0.29) is 11.6 Å². The van der Waals surface area contributed by atoms with Gasteiger partial charge in [0.05, 0.1) is 5.56 Å². The fourth-order valence-electron chi connectivity index (χ4n) is 3.58. The van der Waals surface area contributed by atoms with Crippen molar-refractivity contribution >= 4 is 5.78 Å². The van der Waals surface area contributed by atoms with Crippen molar-refractivity contribution in [2.24, 2.45) is 0 Å². The second-order valence-electron chi connectivity index (χ2n) is 7.00. The Morgan fingerprint density at radius 2 is 1.42 bits per heavy atom. The number of hydrogen-bond acceptors (Lipinski definition) is 3. The van der Waals surface area contributed by atoms with Crippen molar-refractivity contribution in [3.05, 3.63) is 120 Å². The lowest BCUT2D eigenvalue weighted by Gasteiger charge is -2.07. The van der Waals surface area contributed by atoms with Crippen molar-refractivity contribution in [1.82, 2.24) is 9.78 Å². The van der Waals surface area contributed by atoms with Crippen molar-refractivity contribution in [3.8, 4) is 28.3 Å². The van der Waals surface area contributed by atoms with Gasteiger partial charge in [0.2, 0.25) is 0 Å². The lowest BCUT2D eigenvalue weighted by atomic mass is 9.98. The first kappa shape index (κ1) is 18.8. The number of furan rings is 1. The van der Waals surface area contributed by atoms with Gasteiger partial charge < -0.3 is 4.42 Å². The topological polar surface area (TPSA) is 48.0 Å². The van der Waals surface area contributed by atoms with E-state index < -0.39 is 0 Å². The van der Waals surface area contributed by atoms with E-state index in [4.69, 9.17) is 4.42 Å². The van der Waals surface area contributed by atoms with E-state index in [0.29, 0.717) is 33.9 Å². The zero-order chi connectivity index (χ0) is 21.2. The van der Waals surface area contributed by atoms with Gasteiger partial charge in [0.1, 0.15) is 17.3 Å². The lowest BCUT2D eigenvalue weighted by molar-refractivity contribution is 0.103. The Hall–Kier alpha value is -4.25. The number of carbonyl (C=O) groups is 1. The van der Waals surface area contributed by atoms with Gasteiger partial charge in [-0.2, -0.15) is 5.10 Å². The monoisotopic (exact) mass is 408 g/mol. The first-order chi connectivity index (χ1) is 15.2. The fourth-order valence-corrected chi connectivity index (χ4v) is 3.58. The van der Waals surface area contributed by atoms with Gasteiger partial charge >= 0.3 is 0 Å². The molecule has 5 heteroatoms. The molecule has 2 heterocycles. The van der Waals surface area contributed by atoms with E-state index in [0.717, 1.165) is 5.56 Å². The molecule has 0 radical (unpaired) electrons. The second-order valence-corrected chi connectivity index (χ2v) is 7.00. The van der Waals surface area contributed by atoms with E-state index in [9.17, 15) is 9.18 Å².